The van der Waals surface area contributed by atoms with Gasteiger partial charge in [0.2, 0.25) is 0 Å². The van der Waals surface area contributed by atoms with Gasteiger partial charge in [-0.1, -0.05) is 26.2 Å². The number of hydrogen-bond donors (Lipinski definition) is 2. The van der Waals surface area contributed by atoms with Crippen molar-refractivity contribution in [2.75, 3.05) is 0 Å². The van der Waals surface area contributed by atoms with Gasteiger partial charge in [0.1, 0.15) is 5.76 Å². The van der Waals surface area contributed by atoms with Gasteiger partial charge in [0.25, 0.3) is 0 Å². The molecule has 0 fully saturated rings. The lowest BCUT2D eigenvalue weighted by molar-refractivity contribution is 0.0715. The van der Waals surface area contributed by atoms with E-state index in [9.17, 15) is 15.0 Å². The summed E-state index contributed by atoms with van der Waals surface area (Å²) in [5.41, 5.74) is 0.607. The van der Waals surface area contributed by atoms with Crippen molar-refractivity contribution in [3.05, 3.63) is 29.3 Å². The van der Waals surface area contributed by atoms with E-state index in [2.05, 4.69) is 6.92 Å². The number of phenols is 2. The summed E-state index contributed by atoms with van der Waals surface area (Å²) >= 11 is 0. The van der Waals surface area contributed by atoms with Crippen LogP contribution in [0.15, 0.2) is 18.2 Å². The topological polar surface area (TPSA) is 66.8 Å². The SMILES string of the molecule is CCCCCCC=C1OC(=O)c2ccc(O)c(O)c21. The standard InChI is InChI=1S/C15H18O4/c1-2-3-4-5-6-7-12-13-10(15(18)19-12)8-9-11(16)14(13)17/h7-9,16-17H,2-6H2,1H3. The van der Waals surface area contributed by atoms with Crippen molar-refractivity contribution in [1.29, 1.82) is 0 Å². The number of phenolic OH excluding ortho intramolecular Hbond substituents is 2. The highest BCUT2D eigenvalue weighted by atomic mass is 16.5. The lowest BCUT2D eigenvalue weighted by atomic mass is 10.0. The summed E-state index contributed by atoms with van der Waals surface area (Å²) in [6.07, 6.45) is 7.10. The molecule has 0 saturated carbocycles. The Morgan fingerprint density at radius 3 is 2.74 bits per heavy atom. The number of carbonyl (C=O) groups excluding carboxylic acids is 1. The van der Waals surface area contributed by atoms with Gasteiger partial charge >= 0.3 is 5.97 Å². The summed E-state index contributed by atoms with van der Waals surface area (Å²) in [6.45, 7) is 2.15. The maximum Gasteiger partial charge on any atom is 0.344 e. The number of carbonyl (C=O) groups is 1. The van der Waals surface area contributed by atoms with Crippen molar-refractivity contribution in [2.45, 2.75) is 39.0 Å². The number of hydrogen-bond acceptors (Lipinski definition) is 4. The van der Waals surface area contributed by atoms with Gasteiger partial charge in [0.15, 0.2) is 11.5 Å². The van der Waals surface area contributed by atoms with Gasteiger partial charge in [0.05, 0.1) is 11.1 Å². The largest absolute Gasteiger partial charge is 0.504 e. The Hall–Kier alpha value is -1.97. The molecule has 0 bridgehead atoms. The zero-order valence-electron chi connectivity index (χ0n) is 11.0. The van der Waals surface area contributed by atoms with Crippen molar-refractivity contribution >= 4 is 11.7 Å². The van der Waals surface area contributed by atoms with E-state index in [0.29, 0.717) is 16.9 Å². The molecule has 2 N–H and O–H groups in total. The smallest absolute Gasteiger partial charge is 0.344 e. The lowest BCUT2D eigenvalue weighted by Gasteiger charge is -2.03. The molecule has 1 aromatic rings. The molecule has 0 aromatic heterocycles. The molecule has 0 atom stereocenters. The highest BCUT2D eigenvalue weighted by Crippen LogP contribution is 2.41. The Balaban J connectivity index is 2.16. The molecular weight excluding hydrogens is 244 g/mol. The van der Waals surface area contributed by atoms with E-state index in [1.807, 2.05) is 0 Å². The molecule has 102 valence electrons. The number of unbranched alkanes of at least 4 members (excludes halogenated alkanes) is 4. The second-order valence-electron chi connectivity index (χ2n) is 4.66. The second kappa shape index (κ2) is 5.78. The van der Waals surface area contributed by atoms with Crippen molar-refractivity contribution in [1.82, 2.24) is 0 Å². The summed E-state index contributed by atoms with van der Waals surface area (Å²) in [6, 6.07) is 2.75. The van der Waals surface area contributed by atoms with Crippen LogP contribution in [-0.2, 0) is 4.74 Å². The summed E-state index contributed by atoms with van der Waals surface area (Å²) in [4.78, 5) is 11.6. The van der Waals surface area contributed by atoms with E-state index >= 15 is 0 Å². The van der Waals surface area contributed by atoms with Crippen LogP contribution in [0.3, 0.4) is 0 Å². The van der Waals surface area contributed by atoms with Gasteiger partial charge in [-0.3, -0.25) is 0 Å². The average Bonchev–Trinajstić information content (AvgIpc) is 2.71. The number of allylic oxidation sites excluding steroid dienone is 1. The van der Waals surface area contributed by atoms with Crippen LogP contribution in [0.5, 0.6) is 11.5 Å². The highest BCUT2D eigenvalue weighted by Gasteiger charge is 2.30. The first-order valence-corrected chi connectivity index (χ1v) is 6.62. The Morgan fingerprint density at radius 2 is 2.00 bits per heavy atom. The normalized spacial score (nSPS) is 15.6. The van der Waals surface area contributed by atoms with Gasteiger partial charge in [-0.15, -0.1) is 0 Å². The maximum absolute atomic E-state index is 11.6. The number of benzene rings is 1. The molecular formula is C15H18O4. The Bertz CT molecular complexity index is 517. The van der Waals surface area contributed by atoms with E-state index in [4.69, 9.17) is 4.74 Å². The predicted octanol–water partition coefficient (Wildman–Crippen LogP) is 3.58. The van der Waals surface area contributed by atoms with E-state index in [1.165, 1.54) is 25.0 Å². The molecule has 1 aliphatic heterocycles. The molecule has 1 aromatic carbocycles. The lowest BCUT2D eigenvalue weighted by Crippen LogP contribution is -1.92. The fourth-order valence-corrected chi connectivity index (χ4v) is 2.15. The van der Waals surface area contributed by atoms with Crippen molar-refractivity contribution < 1.29 is 19.7 Å². The summed E-state index contributed by atoms with van der Waals surface area (Å²) in [7, 11) is 0. The third-order valence-corrected chi connectivity index (χ3v) is 3.21. The van der Waals surface area contributed by atoms with Crippen LogP contribution in [0, 0.1) is 0 Å². The molecule has 0 aliphatic carbocycles. The minimum Gasteiger partial charge on any atom is -0.504 e. The van der Waals surface area contributed by atoms with Crippen LogP contribution in [-0.4, -0.2) is 16.2 Å². The number of cyclic esters (lactones) is 1. The van der Waals surface area contributed by atoms with E-state index < -0.39 is 5.97 Å². The van der Waals surface area contributed by atoms with E-state index in [0.717, 1.165) is 19.3 Å². The van der Waals surface area contributed by atoms with Crippen molar-refractivity contribution in [2.24, 2.45) is 0 Å². The molecule has 19 heavy (non-hydrogen) atoms. The molecule has 1 aliphatic rings. The van der Waals surface area contributed by atoms with Crippen molar-refractivity contribution in [3.63, 3.8) is 0 Å². The first kappa shape index (κ1) is 13.5. The first-order valence-electron chi connectivity index (χ1n) is 6.62. The quantitative estimate of drug-likeness (QED) is 0.483. The minimum atomic E-state index is -0.481. The number of rotatable bonds is 5. The molecule has 0 spiro atoms. The number of fused-ring (bicyclic) bond motifs is 1. The van der Waals surface area contributed by atoms with E-state index in [-0.39, 0.29) is 11.5 Å². The van der Waals surface area contributed by atoms with Gasteiger partial charge in [-0.05, 0) is 31.1 Å². The monoisotopic (exact) mass is 262 g/mol. The van der Waals surface area contributed by atoms with Gasteiger partial charge < -0.3 is 14.9 Å². The summed E-state index contributed by atoms with van der Waals surface area (Å²) < 4.78 is 5.13. The Labute approximate surface area is 112 Å². The van der Waals surface area contributed by atoms with Crippen LogP contribution >= 0.6 is 0 Å². The summed E-state index contributed by atoms with van der Waals surface area (Å²) in [5, 5.41) is 19.3. The molecule has 4 heteroatoms. The maximum atomic E-state index is 11.6. The molecule has 0 amide bonds. The van der Waals surface area contributed by atoms with Gasteiger partial charge in [-0.2, -0.15) is 0 Å². The van der Waals surface area contributed by atoms with Crippen LogP contribution in [0.25, 0.3) is 5.76 Å². The molecule has 0 unspecified atom stereocenters. The fourth-order valence-electron chi connectivity index (χ4n) is 2.15. The molecule has 1 heterocycles. The first-order chi connectivity index (χ1) is 9.15. The van der Waals surface area contributed by atoms with Gasteiger partial charge in [-0.25, -0.2) is 4.79 Å². The Morgan fingerprint density at radius 1 is 1.21 bits per heavy atom. The zero-order chi connectivity index (χ0) is 13.8. The number of aromatic hydroxyl groups is 2. The van der Waals surface area contributed by atoms with Crippen LogP contribution in [0.2, 0.25) is 0 Å². The minimum absolute atomic E-state index is 0.242. The van der Waals surface area contributed by atoms with Crippen LogP contribution < -0.4 is 0 Å². The predicted molar refractivity (Wildman–Crippen MR) is 71.9 cm³/mol. The summed E-state index contributed by atoms with van der Waals surface area (Å²) in [5.74, 6) is -0.660. The zero-order valence-corrected chi connectivity index (χ0v) is 11.0. The van der Waals surface area contributed by atoms with Gasteiger partial charge in [0, 0.05) is 0 Å². The van der Waals surface area contributed by atoms with E-state index in [1.54, 1.807) is 6.08 Å². The average molecular weight is 262 g/mol. The van der Waals surface area contributed by atoms with Crippen LogP contribution in [0.4, 0.5) is 0 Å². The van der Waals surface area contributed by atoms with Crippen LogP contribution in [0.1, 0.15) is 54.9 Å². The second-order valence-corrected chi connectivity index (χ2v) is 4.66. The number of ether oxygens (including phenoxy) is 1. The molecule has 4 nitrogen and oxygen atoms in total. The third kappa shape index (κ3) is 2.72. The Kier molecular flexibility index (Phi) is 4.10. The van der Waals surface area contributed by atoms with Crippen molar-refractivity contribution in [3.8, 4) is 11.5 Å². The fraction of sp³-hybridized carbons (Fsp3) is 0.400. The molecule has 0 saturated heterocycles. The third-order valence-electron chi connectivity index (χ3n) is 3.21. The highest BCUT2D eigenvalue weighted by molar-refractivity contribution is 6.04. The number of esters is 1. The molecule has 2 rings (SSSR count). The molecule has 0 radical (unpaired) electrons.